The number of carboxylic acids is 1. The van der Waals surface area contributed by atoms with Crippen LogP contribution in [0, 0.1) is 5.82 Å². The molecule has 3 N–H and O–H groups in total. The van der Waals surface area contributed by atoms with Gasteiger partial charge in [0, 0.05) is 23.6 Å². The van der Waals surface area contributed by atoms with Crippen LogP contribution in [0.25, 0.3) is 5.69 Å². The zero-order chi connectivity index (χ0) is 27.1. The van der Waals surface area contributed by atoms with Crippen molar-refractivity contribution in [2.75, 3.05) is 0 Å². The number of benzene rings is 2. The van der Waals surface area contributed by atoms with Gasteiger partial charge in [-0.1, -0.05) is 44.2 Å². The Morgan fingerprint density at radius 3 is 2.24 bits per heavy atom. The number of halogens is 1. The molecule has 1 amide bonds. The van der Waals surface area contributed by atoms with Crippen molar-refractivity contribution in [3.05, 3.63) is 82.9 Å². The number of nitrogens with one attached hydrogen (secondary N) is 1. The fourth-order valence-electron chi connectivity index (χ4n) is 4.38. The molecule has 0 saturated heterocycles. The number of aliphatic carboxylic acids is 1. The summed E-state index contributed by atoms with van der Waals surface area (Å²) in [7, 11) is 0. The summed E-state index contributed by atoms with van der Waals surface area (Å²) in [6, 6.07) is 15.0. The minimum atomic E-state index is -1.39. The summed E-state index contributed by atoms with van der Waals surface area (Å²) in [6.07, 6.45) is -2.42. The second-order valence-electron chi connectivity index (χ2n) is 9.52. The number of rotatable bonds is 12. The van der Waals surface area contributed by atoms with Gasteiger partial charge in [-0.3, -0.25) is 4.79 Å². The van der Waals surface area contributed by atoms with Gasteiger partial charge in [0.1, 0.15) is 5.82 Å². The van der Waals surface area contributed by atoms with E-state index < -0.39 is 30.4 Å². The standard InChI is InChI=1S/C28H34FN3O5.Na/c1-17(2)26-24(14-13-22(33)15-23(34)16-25(35)36)32(21-11-9-20(29)10-12-21)31-27(26)28(37)30-18(3)19-7-5-4-6-8-19;/h4-12,17-18,22-23,33-34H,13-16H2,1-3H3,(H,30,37)(H,35,36);/q;+1/p-1/t18-,22+,23+;/m0./s1. The van der Waals surface area contributed by atoms with Gasteiger partial charge >= 0.3 is 29.6 Å². The molecular formula is C28H33FN3NaO5. The van der Waals surface area contributed by atoms with Gasteiger partial charge in [0.25, 0.3) is 5.91 Å². The van der Waals surface area contributed by atoms with E-state index in [0.717, 1.165) is 5.56 Å². The molecule has 0 aliphatic rings. The smallest absolute Gasteiger partial charge is 0.550 e. The van der Waals surface area contributed by atoms with Crippen molar-refractivity contribution < 1.29 is 58.9 Å². The zero-order valence-corrected chi connectivity index (χ0v) is 24.2. The normalized spacial score (nSPS) is 13.4. The van der Waals surface area contributed by atoms with Crippen molar-refractivity contribution in [1.82, 2.24) is 15.1 Å². The van der Waals surface area contributed by atoms with Crippen LogP contribution in [0.1, 0.15) is 79.3 Å². The quantitative estimate of drug-likeness (QED) is 0.277. The molecule has 0 radical (unpaired) electrons. The first kappa shape index (κ1) is 31.7. The van der Waals surface area contributed by atoms with Gasteiger partial charge < -0.3 is 25.4 Å². The summed E-state index contributed by atoms with van der Waals surface area (Å²) in [5.41, 5.74) is 3.11. The van der Waals surface area contributed by atoms with E-state index in [-0.39, 0.29) is 66.0 Å². The van der Waals surface area contributed by atoms with Gasteiger partial charge in [-0.05, 0) is 61.9 Å². The molecular weight excluding hydrogens is 500 g/mol. The van der Waals surface area contributed by atoms with E-state index in [0.29, 0.717) is 23.4 Å². The molecule has 3 aromatic rings. The number of nitrogens with zero attached hydrogens (tertiary/aromatic N) is 2. The zero-order valence-electron chi connectivity index (χ0n) is 22.2. The van der Waals surface area contributed by atoms with E-state index in [2.05, 4.69) is 10.4 Å². The summed E-state index contributed by atoms with van der Waals surface area (Å²) in [6.45, 7) is 5.76. The summed E-state index contributed by atoms with van der Waals surface area (Å²) in [5.74, 6) is -2.25. The number of carbonyl (C=O) groups excluding carboxylic acids is 2. The Morgan fingerprint density at radius 2 is 1.66 bits per heavy atom. The average Bonchev–Trinajstić information content (AvgIpc) is 3.23. The van der Waals surface area contributed by atoms with Crippen molar-refractivity contribution in [2.45, 2.75) is 70.6 Å². The van der Waals surface area contributed by atoms with E-state index in [4.69, 9.17) is 0 Å². The number of amides is 1. The largest absolute Gasteiger partial charge is 1.00 e. The fourth-order valence-corrected chi connectivity index (χ4v) is 4.38. The minimum Gasteiger partial charge on any atom is -0.550 e. The molecule has 198 valence electrons. The molecule has 0 bridgehead atoms. The Balaban J connectivity index is 0.00000507. The van der Waals surface area contributed by atoms with Crippen LogP contribution >= 0.6 is 0 Å². The van der Waals surface area contributed by atoms with E-state index in [1.807, 2.05) is 51.1 Å². The summed E-state index contributed by atoms with van der Waals surface area (Å²) in [5, 5.41) is 38.6. The predicted octanol–water partition coefficient (Wildman–Crippen LogP) is -0.186. The van der Waals surface area contributed by atoms with Gasteiger partial charge in [0.05, 0.1) is 23.9 Å². The summed E-state index contributed by atoms with van der Waals surface area (Å²) < 4.78 is 15.2. The molecule has 1 aromatic heterocycles. The molecule has 10 heteroatoms. The van der Waals surface area contributed by atoms with Crippen molar-refractivity contribution in [2.24, 2.45) is 0 Å². The second kappa shape index (κ2) is 14.6. The molecule has 0 fully saturated rings. The van der Waals surface area contributed by atoms with E-state index in [1.54, 1.807) is 16.8 Å². The van der Waals surface area contributed by atoms with Crippen molar-refractivity contribution >= 4 is 11.9 Å². The third-order valence-corrected chi connectivity index (χ3v) is 6.19. The Bertz CT molecular complexity index is 1200. The molecule has 8 nitrogen and oxygen atoms in total. The van der Waals surface area contributed by atoms with Crippen molar-refractivity contribution in [3.63, 3.8) is 0 Å². The Morgan fingerprint density at radius 1 is 1.03 bits per heavy atom. The molecule has 0 saturated carbocycles. The van der Waals surface area contributed by atoms with E-state index >= 15 is 0 Å². The van der Waals surface area contributed by atoms with Gasteiger partial charge in [0.2, 0.25) is 0 Å². The number of aliphatic hydroxyl groups excluding tert-OH is 2. The van der Waals surface area contributed by atoms with Crippen LogP contribution in [-0.4, -0.2) is 44.1 Å². The fraction of sp³-hybridized carbons (Fsp3) is 0.393. The van der Waals surface area contributed by atoms with Crippen LogP contribution < -0.4 is 40.0 Å². The maximum atomic E-state index is 13.6. The molecule has 0 spiro atoms. The second-order valence-corrected chi connectivity index (χ2v) is 9.52. The first-order valence-corrected chi connectivity index (χ1v) is 12.4. The number of carboxylic acid groups (broad SMARTS) is 1. The monoisotopic (exact) mass is 533 g/mol. The molecule has 0 unspecified atom stereocenters. The van der Waals surface area contributed by atoms with E-state index in [9.17, 15) is 29.3 Å². The Labute approximate surface area is 244 Å². The van der Waals surface area contributed by atoms with Crippen molar-refractivity contribution in [3.8, 4) is 5.69 Å². The van der Waals surface area contributed by atoms with Crippen molar-refractivity contribution in [1.29, 1.82) is 0 Å². The predicted molar refractivity (Wildman–Crippen MR) is 135 cm³/mol. The van der Waals surface area contributed by atoms with Crippen LogP contribution in [0.5, 0.6) is 0 Å². The van der Waals surface area contributed by atoms with Gasteiger partial charge in [0.15, 0.2) is 5.69 Å². The number of hydrogen-bond donors (Lipinski definition) is 3. The van der Waals surface area contributed by atoms with Gasteiger partial charge in [-0.2, -0.15) is 5.10 Å². The van der Waals surface area contributed by atoms with Crippen LogP contribution in [0.2, 0.25) is 0 Å². The van der Waals surface area contributed by atoms with E-state index in [1.165, 1.54) is 12.1 Å². The van der Waals surface area contributed by atoms with Gasteiger partial charge in [-0.15, -0.1) is 0 Å². The Hall–Kier alpha value is -2.56. The number of hydrogen-bond acceptors (Lipinski definition) is 6. The van der Waals surface area contributed by atoms with Crippen LogP contribution in [0.3, 0.4) is 0 Å². The molecule has 1 heterocycles. The molecule has 3 rings (SSSR count). The third-order valence-electron chi connectivity index (χ3n) is 6.19. The Kier molecular flexibility index (Phi) is 12.1. The van der Waals surface area contributed by atoms with Crippen LogP contribution in [0.15, 0.2) is 54.6 Å². The SMILES string of the molecule is CC(C)c1c(C(=O)N[C@@H](C)c2ccccc2)nn(-c2ccc(F)cc2)c1CC[C@@H](O)C[C@@H](O)CC(=O)[O-].[Na+]. The maximum Gasteiger partial charge on any atom is 1.00 e. The topological polar surface area (TPSA) is 128 Å². The maximum absolute atomic E-state index is 13.6. The molecule has 2 aromatic carbocycles. The minimum absolute atomic E-state index is 0. The first-order valence-electron chi connectivity index (χ1n) is 12.4. The average molecular weight is 534 g/mol. The molecule has 38 heavy (non-hydrogen) atoms. The third kappa shape index (κ3) is 8.47. The van der Waals surface area contributed by atoms with Crippen LogP contribution in [0.4, 0.5) is 4.39 Å². The molecule has 0 aliphatic carbocycles. The molecule has 3 atom stereocenters. The molecule has 0 aliphatic heterocycles. The summed E-state index contributed by atoms with van der Waals surface area (Å²) in [4.78, 5) is 24.1. The number of carbonyl (C=O) groups is 2. The summed E-state index contributed by atoms with van der Waals surface area (Å²) >= 11 is 0. The van der Waals surface area contributed by atoms with Crippen LogP contribution in [-0.2, 0) is 11.2 Å². The number of aromatic nitrogens is 2. The first-order chi connectivity index (χ1) is 17.6. The van der Waals surface area contributed by atoms with Gasteiger partial charge in [-0.25, -0.2) is 9.07 Å². The number of aliphatic hydroxyl groups is 2.